The van der Waals surface area contributed by atoms with Crippen LogP contribution in [0.25, 0.3) is 0 Å². The molecule has 0 saturated carbocycles. The first-order chi connectivity index (χ1) is 13.0. The molecule has 0 aliphatic heterocycles. The van der Waals surface area contributed by atoms with Crippen molar-refractivity contribution in [2.75, 3.05) is 11.9 Å². The van der Waals surface area contributed by atoms with E-state index in [4.69, 9.17) is 4.74 Å². The van der Waals surface area contributed by atoms with Crippen molar-refractivity contribution in [1.29, 1.82) is 0 Å². The first-order valence-corrected chi connectivity index (χ1v) is 9.99. The van der Waals surface area contributed by atoms with E-state index in [1.54, 1.807) is 24.3 Å². The minimum absolute atomic E-state index is 0.111. The second kappa shape index (κ2) is 9.24. The van der Waals surface area contributed by atoms with Crippen LogP contribution in [-0.2, 0) is 4.79 Å². The molecular formula is C22H27BrN2O3. The van der Waals surface area contributed by atoms with Gasteiger partial charge in [-0.05, 0) is 68.7 Å². The smallest absolute Gasteiger partial charge is 0.262 e. The van der Waals surface area contributed by atoms with Crippen molar-refractivity contribution in [1.82, 2.24) is 5.32 Å². The van der Waals surface area contributed by atoms with Crippen LogP contribution in [-0.4, -0.2) is 24.0 Å². The normalized spacial score (nSPS) is 11.2. The highest BCUT2D eigenvalue weighted by Crippen LogP contribution is 2.29. The van der Waals surface area contributed by atoms with Gasteiger partial charge < -0.3 is 15.4 Å². The Hall–Kier alpha value is -2.34. The van der Waals surface area contributed by atoms with Gasteiger partial charge in [0.1, 0.15) is 5.75 Å². The second-order valence-electron chi connectivity index (χ2n) is 7.96. The first-order valence-electron chi connectivity index (χ1n) is 9.20. The number of halogens is 1. The van der Waals surface area contributed by atoms with Crippen molar-refractivity contribution in [3.8, 4) is 5.75 Å². The van der Waals surface area contributed by atoms with Gasteiger partial charge in [0.15, 0.2) is 6.61 Å². The molecule has 0 atom stereocenters. The van der Waals surface area contributed by atoms with E-state index in [0.29, 0.717) is 17.0 Å². The molecule has 2 aromatic carbocycles. The quantitative estimate of drug-likeness (QED) is 0.646. The SMILES string of the molecule is CC(C)c1cc(Br)ccc1OCC(=O)Nc1cccc(C(=O)NC(C)(C)C)c1. The summed E-state index contributed by atoms with van der Waals surface area (Å²) in [5.74, 6) is 0.488. The lowest BCUT2D eigenvalue weighted by atomic mass is 10.0. The zero-order valence-corrected chi connectivity index (χ0v) is 18.5. The number of ether oxygens (including phenoxy) is 1. The number of nitrogens with one attached hydrogen (secondary N) is 2. The Kier molecular flexibility index (Phi) is 7.24. The predicted octanol–water partition coefficient (Wildman–Crippen LogP) is 5.12. The maximum atomic E-state index is 12.3. The maximum Gasteiger partial charge on any atom is 0.262 e. The van der Waals surface area contributed by atoms with Crippen LogP contribution in [0.5, 0.6) is 5.75 Å². The van der Waals surface area contributed by atoms with Crippen LogP contribution in [0.1, 0.15) is 56.5 Å². The summed E-state index contributed by atoms with van der Waals surface area (Å²) in [4.78, 5) is 24.6. The van der Waals surface area contributed by atoms with E-state index in [-0.39, 0.29) is 29.9 Å². The fraction of sp³-hybridized carbons (Fsp3) is 0.364. The van der Waals surface area contributed by atoms with Crippen LogP contribution >= 0.6 is 15.9 Å². The van der Waals surface area contributed by atoms with Gasteiger partial charge in [-0.25, -0.2) is 0 Å². The van der Waals surface area contributed by atoms with Crippen LogP contribution < -0.4 is 15.4 Å². The van der Waals surface area contributed by atoms with Crippen molar-refractivity contribution in [2.24, 2.45) is 0 Å². The highest BCUT2D eigenvalue weighted by atomic mass is 79.9. The summed E-state index contributed by atoms with van der Waals surface area (Å²) in [6.07, 6.45) is 0. The van der Waals surface area contributed by atoms with Crippen molar-refractivity contribution in [3.63, 3.8) is 0 Å². The van der Waals surface area contributed by atoms with Crippen LogP contribution in [0.2, 0.25) is 0 Å². The molecule has 0 bridgehead atoms. The van der Waals surface area contributed by atoms with Gasteiger partial charge in [-0.1, -0.05) is 35.8 Å². The van der Waals surface area contributed by atoms with Crippen molar-refractivity contribution >= 4 is 33.4 Å². The standard InChI is InChI=1S/C22H27BrN2O3/c1-14(2)18-12-16(23)9-10-19(18)28-13-20(26)24-17-8-6-7-15(11-17)21(27)25-22(3,4)5/h6-12,14H,13H2,1-5H3,(H,24,26)(H,25,27). The molecule has 0 fully saturated rings. The van der Waals surface area contributed by atoms with E-state index in [9.17, 15) is 9.59 Å². The molecule has 2 amide bonds. The van der Waals surface area contributed by atoms with Gasteiger partial charge in [0, 0.05) is 21.3 Å². The van der Waals surface area contributed by atoms with Crippen molar-refractivity contribution in [2.45, 2.75) is 46.1 Å². The van der Waals surface area contributed by atoms with E-state index in [0.717, 1.165) is 10.0 Å². The van der Waals surface area contributed by atoms with Gasteiger partial charge in [-0.15, -0.1) is 0 Å². The third-order valence-corrected chi connectivity index (χ3v) is 4.34. The molecule has 28 heavy (non-hydrogen) atoms. The molecule has 0 saturated heterocycles. The Balaban J connectivity index is 2.01. The van der Waals surface area contributed by atoms with Gasteiger partial charge in [-0.3, -0.25) is 9.59 Å². The molecule has 2 N–H and O–H groups in total. The molecule has 150 valence electrons. The number of anilines is 1. The summed E-state index contributed by atoms with van der Waals surface area (Å²) in [5.41, 5.74) is 1.74. The number of carbonyl (C=O) groups is 2. The predicted molar refractivity (Wildman–Crippen MR) is 116 cm³/mol. The van der Waals surface area contributed by atoms with E-state index in [1.807, 2.05) is 39.0 Å². The maximum absolute atomic E-state index is 12.3. The van der Waals surface area contributed by atoms with Crippen LogP contribution in [0.4, 0.5) is 5.69 Å². The Morgan fingerprint density at radius 1 is 1.11 bits per heavy atom. The van der Waals surface area contributed by atoms with Crippen LogP contribution in [0.3, 0.4) is 0 Å². The van der Waals surface area contributed by atoms with Gasteiger partial charge in [0.2, 0.25) is 0 Å². The minimum atomic E-state index is -0.330. The number of hydrogen-bond acceptors (Lipinski definition) is 3. The molecule has 6 heteroatoms. The fourth-order valence-corrected chi connectivity index (χ4v) is 2.97. The summed E-state index contributed by atoms with van der Waals surface area (Å²) < 4.78 is 6.69. The molecule has 2 aromatic rings. The van der Waals surface area contributed by atoms with Crippen LogP contribution in [0, 0.1) is 0 Å². The molecule has 5 nitrogen and oxygen atoms in total. The summed E-state index contributed by atoms with van der Waals surface area (Å²) in [6, 6.07) is 12.6. The molecule has 0 aliphatic carbocycles. The van der Waals surface area contributed by atoms with Gasteiger partial charge in [0.05, 0.1) is 0 Å². The lowest BCUT2D eigenvalue weighted by Gasteiger charge is -2.20. The Morgan fingerprint density at radius 2 is 1.82 bits per heavy atom. The summed E-state index contributed by atoms with van der Waals surface area (Å²) in [5, 5.41) is 5.68. The summed E-state index contributed by atoms with van der Waals surface area (Å²) >= 11 is 3.46. The number of benzene rings is 2. The Morgan fingerprint density at radius 3 is 2.46 bits per heavy atom. The van der Waals surface area contributed by atoms with Crippen molar-refractivity contribution in [3.05, 3.63) is 58.1 Å². The molecule has 0 spiro atoms. The number of carbonyl (C=O) groups excluding carboxylic acids is 2. The molecule has 0 aliphatic rings. The van der Waals surface area contributed by atoms with Crippen molar-refractivity contribution < 1.29 is 14.3 Å². The lowest BCUT2D eigenvalue weighted by Crippen LogP contribution is -2.40. The summed E-state index contributed by atoms with van der Waals surface area (Å²) in [7, 11) is 0. The lowest BCUT2D eigenvalue weighted by molar-refractivity contribution is -0.118. The largest absolute Gasteiger partial charge is 0.483 e. The Labute approximate surface area is 175 Å². The number of hydrogen-bond donors (Lipinski definition) is 2. The Bertz CT molecular complexity index is 857. The van der Waals surface area contributed by atoms with Gasteiger partial charge in [-0.2, -0.15) is 0 Å². The fourth-order valence-electron chi connectivity index (χ4n) is 2.59. The third-order valence-electron chi connectivity index (χ3n) is 3.85. The average Bonchev–Trinajstić information content (AvgIpc) is 2.59. The van der Waals surface area contributed by atoms with E-state index < -0.39 is 0 Å². The average molecular weight is 447 g/mol. The van der Waals surface area contributed by atoms with Gasteiger partial charge >= 0.3 is 0 Å². The summed E-state index contributed by atoms with van der Waals surface area (Å²) in [6.45, 7) is 9.79. The molecule has 0 heterocycles. The number of amides is 2. The monoisotopic (exact) mass is 446 g/mol. The molecule has 0 aromatic heterocycles. The minimum Gasteiger partial charge on any atom is -0.483 e. The van der Waals surface area contributed by atoms with Gasteiger partial charge in [0.25, 0.3) is 11.8 Å². The van der Waals surface area contributed by atoms with Crippen LogP contribution in [0.15, 0.2) is 46.9 Å². The number of rotatable bonds is 6. The second-order valence-corrected chi connectivity index (χ2v) is 8.87. The molecule has 0 unspecified atom stereocenters. The first kappa shape index (κ1) is 22.0. The zero-order valence-electron chi connectivity index (χ0n) is 16.9. The zero-order chi connectivity index (χ0) is 20.9. The highest BCUT2D eigenvalue weighted by Gasteiger charge is 2.16. The van der Waals surface area contributed by atoms with E-state index in [1.165, 1.54) is 0 Å². The molecule has 0 radical (unpaired) electrons. The molecular weight excluding hydrogens is 420 g/mol. The van der Waals surface area contributed by atoms with E-state index >= 15 is 0 Å². The van der Waals surface area contributed by atoms with E-state index in [2.05, 4.69) is 40.4 Å². The highest BCUT2D eigenvalue weighted by molar-refractivity contribution is 9.10. The topological polar surface area (TPSA) is 67.4 Å². The molecule has 2 rings (SSSR count). The third kappa shape index (κ3) is 6.68.